The van der Waals surface area contributed by atoms with E-state index in [1.807, 2.05) is 6.07 Å². The molecule has 0 bridgehead atoms. The Kier molecular flexibility index (Phi) is 4.61. The number of rotatable bonds is 3. The fraction of sp³-hybridized carbons (Fsp3) is 0.462. The standard InChI is InChI=1S/C26H31N3O2/c1-4-17(2)18-8-7-9-19(14-18)20-10-11-22-21(15-20)26(23(30)29(3)24(27)28-26)16-25(31-22)12-5-6-13-25/h7-11,14-15,17H,4-6,12-13,16H2,1-3H3,(H2,27,28). The van der Waals surface area contributed by atoms with Gasteiger partial charge in [-0.2, -0.15) is 0 Å². The summed E-state index contributed by atoms with van der Waals surface area (Å²) in [4.78, 5) is 19.8. The number of fused-ring (bicyclic) bond motifs is 2. The number of hydrogen-bond acceptors (Lipinski definition) is 4. The van der Waals surface area contributed by atoms with Crippen molar-refractivity contribution in [3.8, 4) is 16.9 Å². The summed E-state index contributed by atoms with van der Waals surface area (Å²) in [7, 11) is 1.71. The first-order chi connectivity index (χ1) is 14.9. The Hall–Kier alpha value is -2.82. The predicted molar refractivity (Wildman–Crippen MR) is 123 cm³/mol. The normalized spacial score (nSPS) is 24.9. The third kappa shape index (κ3) is 3.05. The molecule has 5 heteroatoms. The molecule has 1 amide bonds. The molecule has 5 nitrogen and oxygen atoms in total. The average molecular weight is 418 g/mol. The predicted octanol–water partition coefficient (Wildman–Crippen LogP) is 4.94. The lowest BCUT2D eigenvalue weighted by molar-refractivity contribution is -0.134. The summed E-state index contributed by atoms with van der Waals surface area (Å²) >= 11 is 0. The Morgan fingerprint density at radius 1 is 1.16 bits per heavy atom. The summed E-state index contributed by atoms with van der Waals surface area (Å²) in [5, 5.41) is 0. The second kappa shape index (κ2) is 7.11. The van der Waals surface area contributed by atoms with Crippen LogP contribution in [0.2, 0.25) is 0 Å². The summed E-state index contributed by atoms with van der Waals surface area (Å²) in [6.07, 6.45) is 5.82. The van der Waals surface area contributed by atoms with E-state index in [1.165, 1.54) is 10.5 Å². The summed E-state index contributed by atoms with van der Waals surface area (Å²) in [6.45, 7) is 4.46. The monoisotopic (exact) mass is 417 g/mol. The minimum atomic E-state index is -0.985. The van der Waals surface area contributed by atoms with Gasteiger partial charge in [-0.05, 0) is 66.8 Å². The van der Waals surface area contributed by atoms with Crippen molar-refractivity contribution in [3.63, 3.8) is 0 Å². The van der Waals surface area contributed by atoms with Crippen LogP contribution in [0.15, 0.2) is 47.5 Å². The van der Waals surface area contributed by atoms with Crippen LogP contribution in [0.3, 0.4) is 0 Å². The molecule has 2 unspecified atom stereocenters. The fourth-order valence-corrected chi connectivity index (χ4v) is 5.50. The Bertz CT molecular complexity index is 1070. The molecule has 0 radical (unpaired) electrons. The van der Waals surface area contributed by atoms with Crippen LogP contribution in [-0.2, 0) is 10.3 Å². The number of benzene rings is 2. The lowest BCUT2D eigenvalue weighted by Crippen LogP contribution is -2.50. The fourth-order valence-electron chi connectivity index (χ4n) is 5.50. The second-order valence-corrected chi connectivity index (χ2v) is 9.51. The van der Waals surface area contributed by atoms with Crippen molar-refractivity contribution < 1.29 is 9.53 Å². The molecule has 1 saturated carbocycles. The molecule has 162 valence electrons. The van der Waals surface area contributed by atoms with Crippen molar-refractivity contribution in [2.24, 2.45) is 10.7 Å². The molecule has 5 rings (SSSR count). The lowest BCUT2D eigenvalue weighted by Gasteiger charge is -2.43. The largest absolute Gasteiger partial charge is 0.487 e. The van der Waals surface area contributed by atoms with Gasteiger partial charge in [-0.25, -0.2) is 4.99 Å². The van der Waals surface area contributed by atoms with Gasteiger partial charge in [-0.3, -0.25) is 9.69 Å². The first-order valence-electron chi connectivity index (χ1n) is 11.4. The highest BCUT2D eigenvalue weighted by atomic mass is 16.5. The Balaban J connectivity index is 1.65. The minimum absolute atomic E-state index is 0.0497. The third-order valence-electron chi connectivity index (χ3n) is 7.55. The zero-order valence-electron chi connectivity index (χ0n) is 18.6. The van der Waals surface area contributed by atoms with Crippen molar-refractivity contribution in [2.45, 2.75) is 69.4 Å². The molecule has 2 atom stereocenters. The molecule has 0 aromatic heterocycles. The molecule has 0 saturated heterocycles. The molecular formula is C26H31N3O2. The van der Waals surface area contributed by atoms with Gasteiger partial charge in [0.15, 0.2) is 11.5 Å². The molecule has 2 aromatic rings. The molecule has 2 heterocycles. The number of likely N-dealkylation sites (N-methyl/N-ethyl adjacent to an activating group) is 1. The van der Waals surface area contributed by atoms with Crippen LogP contribution in [0.5, 0.6) is 5.75 Å². The average Bonchev–Trinajstić information content (AvgIpc) is 3.31. The quantitative estimate of drug-likeness (QED) is 0.769. The van der Waals surface area contributed by atoms with Gasteiger partial charge in [0.05, 0.1) is 0 Å². The molecule has 2 spiro atoms. The second-order valence-electron chi connectivity index (χ2n) is 9.51. The van der Waals surface area contributed by atoms with E-state index in [9.17, 15) is 4.79 Å². The summed E-state index contributed by atoms with van der Waals surface area (Å²) in [6, 6.07) is 14.9. The Labute approximate surface area is 184 Å². The van der Waals surface area contributed by atoms with Gasteiger partial charge in [0.1, 0.15) is 11.4 Å². The molecule has 2 N–H and O–H groups in total. The maximum absolute atomic E-state index is 13.5. The zero-order valence-corrected chi connectivity index (χ0v) is 18.6. The van der Waals surface area contributed by atoms with Gasteiger partial charge in [0.25, 0.3) is 5.91 Å². The van der Waals surface area contributed by atoms with E-state index < -0.39 is 5.54 Å². The lowest BCUT2D eigenvalue weighted by atomic mass is 9.75. The Morgan fingerprint density at radius 2 is 1.90 bits per heavy atom. The number of ether oxygens (including phenoxy) is 1. The van der Waals surface area contributed by atoms with Crippen LogP contribution in [0.1, 0.15) is 69.4 Å². The zero-order chi connectivity index (χ0) is 21.8. The van der Waals surface area contributed by atoms with E-state index in [1.54, 1.807) is 7.05 Å². The maximum atomic E-state index is 13.5. The van der Waals surface area contributed by atoms with Gasteiger partial charge in [0.2, 0.25) is 0 Å². The highest BCUT2D eigenvalue weighted by Crippen LogP contribution is 2.54. The topological polar surface area (TPSA) is 67.9 Å². The molecule has 31 heavy (non-hydrogen) atoms. The molecular weight excluding hydrogens is 386 g/mol. The van der Waals surface area contributed by atoms with E-state index in [2.05, 4.69) is 50.2 Å². The first-order valence-corrected chi connectivity index (χ1v) is 11.4. The third-order valence-corrected chi connectivity index (χ3v) is 7.55. The first kappa shape index (κ1) is 20.1. The number of aliphatic imine (C=N–C) groups is 1. The van der Waals surface area contributed by atoms with Gasteiger partial charge in [-0.15, -0.1) is 0 Å². The molecule has 1 fully saturated rings. The van der Waals surface area contributed by atoms with Crippen LogP contribution in [0, 0.1) is 0 Å². The molecule has 1 aliphatic carbocycles. The number of nitrogens with two attached hydrogens (primary N) is 1. The molecule has 2 aromatic carbocycles. The van der Waals surface area contributed by atoms with E-state index >= 15 is 0 Å². The van der Waals surface area contributed by atoms with Crippen molar-refractivity contribution in [1.82, 2.24) is 4.90 Å². The number of carbonyl (C=O) groups excluding carboxylic acids is 1. The number of nitrogens with zero attached hydrogens (tertiary/aromatic N) is 2. The number of carbonyl (C=O) groups is 1. The maximum Gasteiger partial charge on any atom is 0.261 e. The van der Waals surface area contributed by atoms with E-state index in [0.717, 1.165) is 54.5 Å². The van der Waals surface area contributed by atoms with Crippen LogP contribution in [-0.4, -0.2) is 29.4 Å². The van der Waals surface area contributed by atoms with Gasteiger partial charge in [0, 0.05) is 19.0 Å². The van der Waals surface area contributed by atoms with Gasteiger partial charge in [-0.1, -0.05) is 44.2 Å². The minimum Gasteiger partial charge on any atom is -0.487 e. The molecule has 2 aliphatic heterocycles. The Morgan fingerprint density at radius 3 is 2.58 bits per heavy atom. The van der Waals surface area contributed by atoms with Gasteiger partial charge >= 0.3 is 0 Å². The van der Waals surface area contributed by atoms with E-state index in [0.29, 0.717) is 12.3 Å². The van der Waals surface area contributed by atoms with Crippen LogP contribution in [0.25, 0.3) is 11.1 Å². The number of hydrogen-bond donors (Lipinski definition) is 1. The summed E-state index contributed by atoms with van der Waals surface area (Å²) in [5.74, 6) is 1.51. The number of guanidine groups is 1. The highest BCUT2D eigenvalue weighted by molar-refractivity contribution is 6.07. The van der Waals surface area contributed by atoms with Gasteiger partial charge < -0.3 is 10.5 Å². The van der Waals surface area contributed by atoms with Crippen molar-refractivity contribution in [2.75, 3.05) is 7.05 Å². The molecule has 3 aliphatic rings. The van der Waals surface area contributed by atoms with Crippen LogP contribution in [0.4, 0.5) is 0 Å². The SMILES string of the molecule is CCC(C)c1cccc(-c2ccc3c(c2)C2(CC4(CCCC4)O3)N=C(N)N(C)C2=O)c1. The van der Waals surface area contributed by atoms with Crippen molar-refractivity contribution in [3.05, 3.63) is 53.6 Å². The van der Waals surface area contributed by atoms with Crippen molar-refractivity contribution >= 4 is 11.9 Å². The smallest absolute Gasteiger partial charge is 0.261 e. The van der Waals surface area contributed by atoms with Crippen LogP contribution >= 0.6 is 0 Å². The number of amides is 1. The van der Waals surface area contributed by atoms with E-state index in [-0.39, 0.29) is 17.5 Å². The van der Waals surface area contributed by atoms with Crippen molar-refractivity contribution in [1.29, 1.82) is 0 Å². The van der Waals surface area contributed by atoms with Crippen LogP contribution < -0.4 is 10.5 Å². The summed E-state index contributed by atoms with van der Waals surface area (Å²) in [5.41, 5.74) is 9.23. The summed E-state index contributed by atoms with van der Waals surface area (Å²) < 4.78 is 6.58. The highest BCUT2D eigenvalue weighted by Gasteiger charge is 2.58. The van der Waals surface area contributed by atoms with E-state index in [4.69, 9.17) is 15.5 Å².